The van der Waals surface area contributed by atoms with Gasteiger partial charge < -0.3 is 16.0 Å². The van der Waals surface area contributed by atoms with Crippen LogP contribution in [0.2, 0.25) is 5.02 Å². The lowest BCUT2D eigenvalue weighted by Gasteiger charge is -2.05. The molecule has 1 aromatic carbocycles. The molecule has 8 nitrogen and oxygen atoms in total. The second-order valence-electron chi connectivity index (χ2n) is 3.53. The lowest BCUT2D eigenvalue weighted by atomic mass is 10.2. The van der Waals surface area contributed by atoms with E-state index in [2.05, 4.69) is 15.3 Å². The first-order chi connectivity index (χ1) is 8.99. The molecular formula is C10H8ClN5O3. The van der Waals surface area contributed by atoms with Crippen LogP contribution in [0.1, 0.15) is 10.5 Å². The van der Waals surface area contributed by atoms with E-state index in [0.717, 1.165) is 0 Å². The van der Waals surface area contributed by atoms with Gasteiger partial charge in [0.25, 0.3) is 11.6 Å². The number of nitrogen functional groups attached to an aromatic ring is 1. The summed E-state index contributed by atoms with van der Waals surface area (Å²) < 4.78 is 0. The first-order valence-electron chi connectivity index (χ1n) is 5.04. The SMILES string of the molecule is Nc1ncc(C(=O)Nc2cccc([N+](=O)[O-])c2Cl)[nH]1. The third-order valence-electron chi connectivity index (χ3n) is 2.26. The highest BCUT2D eigenvalue weighted by Gasteiger charge is 2.17. The molecule has 0 aliphatic heterocycles. The number of rotatable bonds is 3. The summed E-state index contributed by atoms with van der Waals surface area (Å²) in [6.45, 7) is 0. The molecule has 0 aliphatic carbocycles. The Morgan fingerprint density at radius 3 is 2.84 bits per heavy atom. The number of H-pyrrole nitrogens is 1. The van der Waals surface area contributed by atoms with E-state index in [1.807, 2.05) is 0 Å². The van der Waals surface area contributed by atoms with E-state index in [0.29, 0.717) is 0 Å². The number of hydrogen-bond donors (Lipinski definition) is 3. The first-order valence-corrected chi connectivity index (χ1v) is 5.41. The molecule has 0 spiro atoms. The molecule has 0 bridgehead atoms. The number of aromatic nitrogens is 2. The third-order valence-corrected chi connectivity index (χ3v) is 2.66. The van der Waals surface area contributed by atoms with Gasteiger partial charge in [-0.3, -0.25) is 14.9 Å². The number of amides is 1. The van der Waals surface area contributed by atoms with E-state index >= 15 is 0 Å². The highest BCUT2D eigenvalue weighted by Crippen LogP contribution is 2.31. The molecule has 1 aromatic heterocycles. The number of carbonyl (C=O) groups excluding carboxylic acids is 1. The third kappa shape index (κ3) is 2.63. The monoisotopic (exact) mass is 281 g/mol. The Morgan fingerprint density at radius 1 is 1.53 bits per heavy atom. The molecule has 19 heavy (non-hydrogen) atoms. The van der Waals surface area contributed by atoms with E-state index in [9.17, 15) is 14.9 Å². The van der Waals surface area contributed by atoms with Gasteiger partial charge in [-0.25, -0.2) is 4.98 Å². The van der Waals surface area contributed by atoms with Gasteiger partial charge in [0.05, 0.1) is 16.8 Å². The summed E-state index contributed by atoms with van der Waals surface area (Å²) in [5, 5.41) is 13.0. The molecule has 4 N–H and O–H groups in total. The van der Waals surface area contributed by atoms with Crippen LogP contribution in [0, 0.1) is 10.1 Å². The number of nitrogens with one attached hydrogen (secondary N) is 2. The topological polar surface area (TPSA) is 127 Å². The van der Waals surface area contributed by atoms with Crippen molar-refractivity contribution in [2.24, 2.45) is 0 Å². The van der Waals surface area contributed by atoms with Crippen LogP contribution in [0.15, 0.2) is 24.4 Å². The average molecular weight is 282 g/mol. The van der Waals surface area contributed by atoms with E-state index in [4.69, 9.17) is 17.3 Å². The Kier molecular flexibility index (Phi) is 3.34. The Balaban J connectivity index is 2.27. The molecule has 9 heteroatoms. The van der Waals surface area contributed by atoms with Gasteiger partial charge in [-0.1, -0.05) is 17.7 Å². The van der Waals surface area contributed by atoms with E-state index in [1.165, 1.54) is 24.4 Å². The second-order valence-corrected chi connectivity index (χ2v) is 3.91. The lowest BCUT2D eigenvalue weighted by Crippen LogP contribution is -2.13. The number of halogens is 1. The minimum Gasteiger partial charge on any atom is -0.369 e. The van der Waals surface area contributed by atoms with Gasteiger partial charge in [0, 0.05) is 6.07 Å². The largest absolute Gasteiger partial charge is 0.369 e. The number of nitro benzene ring substituents is 1. The van der Waals surface area contributed by atoms with Crippen LogP contribution >= 0.6 is 11.6 Å². The number of anilines is 2. The Bertz CT molecular complexity index is 654. The van der Waals surface area contributed by atoms with Gasteiger partial charge >= 0.3 is 0 Å². The lowest BCUT2D eigenvalue weighted by molar-refractivity contribution is -0.384. The van der Waals surface area contributed by atoms with Crippen molar-refractivity contribution >= 4 is 34.8 Å². The number of nitrogens with two attached hydrogens (primary N) is 1. The van der Waals surface area contributed by atoms with Crippen LogP contribution in [0.3, 0.4) is 0 Å². The number of benzene rings is 1. The fourth-order valence-electron chi connectivity index (χ4n) is 1.40. The van der Waals surface area contributed by atoms with Crippen LogP contribution in [-0.2, 0) is 0 Å². The van der Waals surface area contributed by atoms with Crippen molar-refractivity contribution in [1.29, 1.82) is 0 Å². The van der Waals surface area contributed by atoms with Crippen molar-refractivity contribution in [2.45, 2.75) is 0 Å². The molecule has 0 saturated carbocycles. The summed E-state index contributed by atoms with van der Waals surface area (Å²) in [6, 6.07) is 4.11. The predicted molar refractivity (Wildman–Crippen MR) is 69.1 cm³/mol. The van der Waals surface area contributed by atoms with Crippen molar-refractivity contribution in [3.05, 3.63) is 45.2 Å². The smallest absolute Gasteiger partial charge is 0.290 e. The maximum absolute atomic E-state index is 11.8. The Morgan fingerprint density at radius 2 is 2.26 bits per heavy atom. The van der Waals surface area contributed by atoms with Gasteiger partial charge in [-0.2, -0.15) is 0 Å². The highest BCUT2D eigenvalue weighted by atomic mass is 35.5. The van der Waals surface area contributed by atoms with Gasteiger partial charge in [-0.15, -0.1) is 0 Å². The van der Waals surface area contributed by atoms with Gasteiger partial charge in [-0.05, 0) is 6.07 Å². The zero-order valence-corrected chi connectivity index (χ0v) is 10.1. The standard InChI is InChI=1S/C10H8ClN5O3/c11-8-5(2-1-3-7(8)16(18)19)14-9(17)6-4-13-10(12)15-6/h1-4H,(H,14,17)(H3,12,13,15). The number of carbonyl (C=O) groups is 1. The Hall–Kier alpha value is -2.61. The molecule has 0 aliphatic rings. The fraction of sp³-hybridized carbons (Fsp3) is 0. The van der Waals surface area contributed by atoms with Crippen LogP contribution in [0.5, 0.6) is 0 Å². The minimum absolute atomic E-state index is 0.0929. The number of imidazole rings is 1. The summed E-state index contributed by atoms with van der Waals surface area (Å²) >= 11 is 5.83. The van der Waals surface area contributed by atoms with Gasteiger partial charge in [0.15, 0.2) is 5.95 Å². The number of hydrogen-bond acceptors (Lipinski definition) is 5. The molecule has 0 atom stereocenters. The van der Waals surface area contributed by atoms with E-state index in [1.54, 1.807) is 0 Å². The quantitative estimate of drug-likeness (QED) is 0.584. The Labute approximate surface area is 111 Å². The molecule has 1 heterocycles. The maximum Gasteiger partial charge on any atom is 0.290 e. The molecule has 1 amide bonds. The zero-order valence-electron chi connectivity index (χ0n) is 9.38. The summed E-state index contributed by atoms with van der Waals surface area (Å²) in [5.41, 5.74) is 5.31. The molecular weight excluding hydrogens is 274 g/mol. The van der Waals surface area contributed by atoms with Crippen molar-refractivity contribution in [3.63, 3.8) is 0 Å². The highest BCUT2D eigenvalue weighted by molar-refractivity contribution is 6.36. The van der Waals surface area contributed by atoms with Gasteiger partial charge in [0.2, 0.25) is 0 Å². The van der Waals surface area contributed by atoms with E-state index in [-0.39, 0.29) is 28.0 Å². The van der Waals surface area contributed by atoms with Crippen LogP contribution in [-0.4, -0.2) is 20.8 Å². The molecule has 0 fully saturated rings. The second kappa shape index (κ2) is 4.94. The van der Waals surface area contributed by atoms with Crippen molar-refractivity contribution in [1.82, 2.24) is 9.97 Å². The van der Waals surface area contributed by atoms with Crippen molar-refractivity contribution in [3.8, 4) is 0 Å². The van der Waals surface area contributed by atoms with Gasteiger partial charge in [0.1, 0.15) is 10.7 Å². The van der Waals surface area contributed by atoms with Crippen LogP contribution < -0.4 is 11.1 Å². The average Bonchev–Trinajstić information content (AvgIpc) is 2.78. The fourth-order valence-corrected chi connectivity index (χ4v) is 1.64. The van der Waals surface area contributed by atoms with Crippen LogP contribution in [0.4, 0.5) is 17.3 Å². The molecule has 98 valence electrons. The summed E-state index contributed by atoms with van der Waals surface area (Å²) in [5.74, 6) is -0.457. The number of aromatic amines is 1. The van der Waals surface area contributed by atoms with Crippen molar-refractivity contribution < 1.29 is 9.72 Å². The number of nitrogens with zero attached hydrogens (tertiary/aromatic N) is 2. The van der Waals surface area contributed by atoms with E-state index < -0.39 is 10.8 Å². The molecule has 2 rings (SSSR count). The maximum atomic E-state index is 11.8. The molecule has 0 saturated heterocycles. The molecule has 2 aromatic rings. The predicted octanol–water partition coefficient (Wildman–Crippen LogP) is 1.81. The minimum atomic E-state index is -0.633. The number of nitro groups is 1. The molecule has 0 radical (unpaired) electrons. The van der Waals surface area contributed by atoms with Crippen LogP contribution in [0.25, 0.3) is 0 Å². The normalized spacial score (nSPS) is 10.2. The summed E-state index contributed by atoms with van der Waals surface area (Å²) in [7, 11) is 0. The van der Waals surface area contributed by atoms with Crippen molar-refractivity contribution in [2.75, 3.05) is 11.1 Å². The molecule has 0 unspecified atom stereocenters. The summed E-state index contributed by atoms with van der Waals surface area (Å²) in [4.78, 5) is 28.1. The first kappa shape index (κ1) is 12.8. The summed E-state index contributed by atoms with van der Waals surface area (Å²) in [6.07, 6.45) is 1.25. The zero-order chi connectivity index (χ0) is 14.0.